The number of carbonyl (C=O) groups is 2. The van der Waals surface area contributed by atoms with Crippen LogP contribution in [0.5, 0.6) is 11.5 Å². The number of rotatable bonds is 6. The summed E-state index contributed by atoms with van der Waals surface area (Å²) in [6, 6.07) is 4.23. The zero-order chi connectivity index (χ0) is 27.1. The molecule has 0 radical (unpaired) electrons. The van der Waals surface area contributed by atoms with Crippen LogP contribution in [0.4, 0.5) is 4.79 Å². The number of aromatic nitrogens is 2. The van der Waals surface area contributed by atoms with E-state index in [9.17, 15) is 14.7 Å². The summed E-state index contributed by atoms with van der Waals surface area (Å²) in [7, 11) is 1.53. The summed E-state index contributed by atoms with van der Waals surface area (Å²) in [6.45, 7) is 9.39. The van der Waals surface area contributed by atoms with Crippen molar-refractivity contribution in [1.29, 1.82) is 0 Å². The van der Waals surface area contributed by atoms with Crippen molar-refractivity contribution in [3.8, 4) is 22.2 Å². The third-order valence-corrected chi connectivity index (χ3v) is 7.12. The minimum absolute atomic E-state index is 0.0592. The number of methoxy groups -OCH3 is 1. The number of thiazole rings is 1. The average molecular weight is 548 g/mol. The van der Waals surface area contributed by atoms with Crippen LogP contribution in [0.3, 0.4) is 0 Å². The second-order valence-corrected chi connectivity index (χ2v) is 11.4. The lowest BCUT2D eigenvalue weighted by Crippen LogP contribution is -2.43. The van der Waals surface area contributed by atoms with Gasteiger partial charge in [0.25, 0.3) is 0 Å². The molecule has 1 amide bonds. The fourth-order valence-corrected chi connectivity index (χ4v) is 5.29. The summed E-state index contributed by atoms with van der Waals surface area (Å²) in [4.78, 5) is 35.4. The number of ether oxygens (including phenoxy) is 3. The first-order valence-electron chi connectivity index (χ1n) is 11.9. The number of benzene rings is 1. The van der Waals surface area contributed by atoms with Crippen LogP contribution < -0.4 is 9.47 Å². The number of nitrogens with zero attached hydrogens (tertiary/aromatic N) is 3. The first-order valence-corrected chi connectivity index (χ1v) is 13.2. The zero-order valence-corrected chi connectivity index (χ0v) is 23.1. The van der Waals surface area contributed by atoms with Crippen LogP contribution in [0, 0.1) is 0 Å². The Morgan fingerprint density at radius 2 is 1.95 bits per heavy atom. The van der Waals surface area contributed by atoms with Gasteiger partial charge in [-0.15, -0.1) is 11.3 Å². The standard InChI is InChI=1S/C26H30ClN3O6S/c1-13(2)17-12-37-23(29-17)16-10-20(15-7-8-19(34-6)21(27)22(15)28-16)35-14-9-18(24(31)32)30(11-14)25(33)36-26(3,4)5/h7-8,10,12-14,18H,9,11H2,1-6H3,(H,31,32)/t14-,18+/m1/s1. The largest absolute Gasteiger partial charge is 0.495 e. The number of amides is 1. The minimum atomic E-state index is -1.12. The first kappa shape index (κ1) is 26.9. The number of halogens is 1. The van der Waals surface area contributed by atoms with Crippen LogP contribution >= 0.6 is 22.9 Å². The van der Waals surface area contributed by atoms with Gasteiger partial charge in [0, 0.05) is 23.3 Å². The number of likely N-dealkylation sites (tertiary alicyclic amines) is 1. The lowest BCUT2D eigenvalue weighted by atomic mass is 10.1. The Morgan fingerprint density at radius 3 is 2.54 bits per heavy atom. The fourth-order valence-electron chi connectivity index (χ4n) is 4.06. The molecule has 1 aromatic carbocycles. The average Bonchev–Trinajstić information content (AvgIpc) is 3.46. The van der Waals surface area contributed by atoms with Crippen LogP contribution in [-0.2, 0) is 9.53 Å². The van der Waals surface area contributed by atoms with E-state index in [0.717, 1.165) is 5.69 Å². The predicted molar refractivity (Wildman–Crippen MR) is 142 cm³/mol. The third kappa shape index (κ3) is 5.75. The normalized spacial score (nSPS) is 17.9. The minimum Gasteiger partial charge on any atom is -0.495 e. The van der Waals surface area contributed by atoms with Crippen molar-refractivity contribution in [3.63, 3.8) is 0 Å². The van der Waals surface area contributed by atoms with Gasteiger partial charge in [-0.25, -0.2) is 19.6 Å². The molecule has 4 rings (SSSR count). The Hall–Kier alpha value is -3.11. The van der Waals surface area contributed by atoms with E-state index in [1.807, 2.05) is 5.38 Å². The van der Waals surface area contributed by atoms with Gasteiger partial charge in [-0.2, -0.15) is 0 Å². The molecule has 198 valence electrons. The molecule has 1 aliphatic heterocycles. The van der Waals surface area contributed by atoms with Gasteiger partial charge in [-0.05, 0) is 38.8 Å². The van der Waals surface area contributed by atoms with Crippen LogP contribution in [-0.4, -0.2) is 63.4 Å². The van der Waals surface area contributed by atoms with Gasteiger partial charge in [0.15, 0.2) is 0 Å². The Bertz CT molecular complexity index is 1340. The van der Waals surface area contributed by atoms with Crippen molar-refractivity contribution in [2.24, 2.45) is 0 Å². The molecule has 0 unspecified atom stereocenters. The summed E-state index contributed by atoms with van der Waals surface area (Å²) >= 11 is 8.10. The molecule has 1 fully saturated rings. The maximum Gasteiger partial charge on any atom is 0.411 e. The molecule has 3 aromatic rings. The molecule has 9 nitrogen and oxygen atoms in total. The van der Waals surface area contributed by atoms with E-state index in [1.54, 1.807) is 39.0 Å². The van der Waals surface area contributed by atoms with Gasteiger partial charge in [0.2, 0.25) is 0 Å². The SMILES string of the molecule is COc1ccc2c(O[C@@H]3C[C@@H](C(=O)O)N(C(=O)OC(C)(C)C)C3)cc(-c3nc(C(C)C)cs3)nc2c1Cl. The smallest absolute Gasteiger partial charge is 0.411 e. The highest BCUT2D eigenvalue weighted by Crippen LogP contribution is 2.40. The Balaban J connectivity index is 1.73. The second kappa shape index (κ2) is 10.3. The Labute approximate surface area is 224 Å². The van der Waals surface area contributed by atoms with E-state index >= 15 is 0 Å². The quantitative estimate of drug-likeness (QED) is 0.401. The van der Waals surface area contributed by atoms with Crippen LogP contribution in [0.1, 0.15) is 52.7 Å². The molecular formula is C26H30ClN3O6S. The maximum atomic E-state index is 12.7. The Kier molecular flexibility index (Phi) is 7.52. The molecule has 11 heteroatoms. The molecule has 37 heavy (non-hydrogen) atoms. The number of carboxylic acids is 1. The van der Waals surface area contributed by atoms with Crippen molar-refractivity contribution in [2.75, 3.05) is 13.7 Å². The molecule has 1 saturated heterocycles. The van der Waals surface area contributed by atoms with E-state index in [1.165, 1.54) is 23.3 Å². The molecule has 0 aliphatic carbocycles. The molecule has 1 aliphatic rings. The van der Waals surface area contributed by atoms with E-state index in [0.29, 0.717) is 38.1 Å². The van der Waals surface area contributed by atoms with Crippen molar-refractivity contribution in [3.05, 3.63) is 34.3 Å². The molecule has 2 aromatic heterocycles. The lowest BCUT2D eigenvalue weighted by molar-refractivity contribution is -0.142. The molecule has 0 bridgehead atoms. The van der Waals surface area contributed by atoms with Crippen molar-refractivity contribution in [2.45, 2.75) is 64.7 Å². The molecule has 0 spiro atoms. The van der Waals surface area contributed by atoms with E-state index < -0.39 is 29.8 Å². The topological polar surface area (TPSA) is 111 Å². The van der Waals surface area contributed by atoms with Crippen molar-refractivity contribution in [1.82, 2.24) is 14.9 Å². The third-order valence-electron chi connectivity index (χ3n) is 5.87. The predicted octanol–water partition coefficient (Wildman–Crippen LogP) is 5.99. The van der Waals surface area contributed by atoms with Crippen molar-refractivity contribution < 1.29 is 28.9 Å². The first-order chi connectivity index (χ1) is 17.4. The number of aliphatic carboxylic acids is 1. The monoisotopic (exact) mass is 547 g/mol. The summed E-state index contributed by atoms with van der Waals surface area (Å²) in [5.74, 6) is 0.0739. The number of carbonyl (C=O) groups excluding carboxylic acids is 1. The summed E-state index contributed by atoms with van der Waals surface area (Å²) in [6.07, 6.45) is -1.18. The number of fused-ring (bicyclic) bond motifs is 1. The number of hydrogen-bond acceptors (Lipinski definition) is 8. The van der Waals surface area contributed by atoms with Gasteiger partial charge in [0.05, 0.1) is 24.9 Å². The lowest BCUT2D eigenvalue weighted by Gasteiger charge is -2.26. The number of pyridine rings is 1. The number of hydrogen-bond donors (Lipinski definition) is 1. The maximum absolute atomic E-state index is 12.7. The van der Waals surface area contributed by atoms with Gasteiger partial charge in [-0.3, -0.25) is 4.90 Å². The zero-order valence-electron chi connectivity index (χ0n) is 21.6. The summed E-state index contributed by atoms with van der Waals surface area (Å²) in [5, 5.41) is 13.4. The second-order valence-electron chi connectivity index (χ2n) is 10.2. The van der Waals surface area contributed by atoms with Crippen LogP contribution in [0.2, 0.25) is 5.02 Å². The molecule has 2 atom stereocenters. The highest BCUT2D eigenvalue weighted by molar-refractivity contribution is 7.13. The van der Waals surface area contributed by atoms with E-state index in [-0.39, 0.29) is 18.9 Å². The van der Waals surface area contributed by atoms with Gasteiger partial charge in [-0.1, -0.05) is 25.4 Å². The molecule has 1 N–H and O–H groups in total. The fraction of sp³-hybridized carbons (Fsp3) is 0.462. The summed E-state index contributed by atoms with van der Waals surface area (Å²) in [5.41, 5.74) is 1.25. The van der Waals surface area contributed by atoms with Gasteiger partial charge >= 0.3 is 12.1 Å². The molecule has 0 saturated carbocycles. The summed E-state index contributed by atoms with van der Waals surface area (Å²) < 4.78 is 17.2. The van der Waals surface area contributed by atoms with Crippen molar-refractivity contribution >= 4 is 45.9 Å². The molecular weight excluding hydrogens is 518 g/mol. The van der Waals surface area contributed by atoms with Crippen LogP contribution in [0.15, 0.2) is 23.6 Å². The highest BCUT2D eigenvalue weighted by Gasteiger charge is 2.43. The van der Waals surface area contributed by atoms with Gasteiger partial charge in [0.1, 0.15) is 45.0 Å². The van der Waals surface area contributed by atoms with E-state index in [2.05, 4.69) is 13.8 Å². The Morgan fingerprint density at radius 1 is 1.22 bits per heavy atom. The number of carboxylic acid groups (broad SMARTS) is 1. The van der Waals surface area contributed by atoms with E-state index in [4.69, 9.17) is 35.8 Å². The highest BCUT2D eigenvalue weighted by atomic mass is 35.5. The van der Waals surface area contributed by atoms with Crippen LogP contribution in [0.25, 0.3) is 21.6 Å². The molecule has 3 heterocycles. The van der Waals surface area contributed by atoms with Gasteiger partial charge < -0.3 is 19.3 Å².